The minimum absolute atomic E-state index is 0.177. The fraction of sp³-hybridized carbons (Fsp3) is 0.947. The van der Waals surface area contributed by atoms with Gasteiger partial charge in [0.2, 0.25) is 0 Å². The number of amides is 1. The number of hydrogen-bond acceptors (Lipinski definition) is 4. The monoisotopic (exact) mass is 338 g/mol. The molecule has 0 radical (unpaired) electrons. The van der Waals surface area contributed by atoms with Crippen LogP contribution in [0.5, 0.6) is 0 Å². The molecule has 2 aliphatic heterocycles. The second kappa shape index (κ2) is 8.15. The molecular formula is C19H34N2O3. The molecule has 2 saturated heterocycles. The highest BCUT2D eigenvalue weighted by molar-refractivity contribution is 5.81. The van der Waals surface area contributed by atoms with E-state index in [2.05, 4.69) is 18.7 Å². The Morgan fingerprint density at radius 1 is 1.17 bits per heavy atom. The zero-order valence-electron chi connectivity index (χ0n) is 15.6. The van der Waals surface area contributed by atoms with Crippen molar-refractivity contribution in [1.82, 2.24) is 9.80 Å². The molecule has 1 amide bonds. The molecule has 0 N–H and O–H groups in total. The summed E-state index contributed by atoms with van der Waals surface area (Å²) in [6.07, 6.45) is 4.69. The molecular weight excluding hydrogens is 304 g/mol. The van der Waals surface area contributed by atoms with Gasteiger partial charge in [-0.2, -0.15) is 0 Å². The zero-order chi connectivity index (χ0) is 17.1. The van der Waals surface area contributed by atoms with Crippen LogP contribution in [0.2, 0.25) is 0 Å². The number of ether oxygens (including phenoxy) is 2. The van der Waals surface area contributed by atoms with Crippen LogP contribution in [-0.4, -0.2) is 73.3 Å². The van der Waals surface area contributed by atoms with E-state index in [1.54, 1.807) is 0 Å². The highest BCUT2D eigenvalue weighted by atomic mass is 16.5. The van der Waals surface area contributed by atoms with E-state index in [9.17, 15) is 4.79 Å². The van der Waals surface area contributed by atoms with Crippen LogP contribution in [0.25, 0.3) is 0 Å². The van der Waals surface area contributed by atoms with Gasteiger partial charge < -0.3 is 14.4 Å². The van der Waals surface area contributed by atoms with Gasteiger partial charge in [0.15, 0.2) is 0 Å². The summed E-state index contributed by atoms with van der Waals surface area (Å²) in [6.45, 7) is 11.8. The second-order valence-corrected chi connectivity index (χ2v) is 8.11. The van der Waals surface area contributed by atoms with Crippen LogP contribution in [0.1, 0.15) is 46.5 Å². The molecule has 0 spiro atoms. The van der Waals surface area contributed by atoms with Crippen molar-refractivity contribution in [2.45, 2.75) is 64.7 Å². The number of likely N-dealkylation sites (tertiary alicyclic amines) is 1. The molecule has 3 fully saturated rings. The molecule has 5 nitrogen and oxygen atoms in total. The number of nitrogens with zero attached hydrogens (tertiary/aromatic N) is 2. The first-order chi connectivity index (χ1) is 11.5. The predicted molar refractivity (Wildman–Crippen MR) is 93.9 cm³/mol. The van der Waals surface area contributed by atoms with Gasteiger partial charge in [-0.1, -0.05) is 26.7 Å². The van der Waals surface area contributed by atoms with E-state index >= 15 is 0 Å². The molecule has 1 saturated carbocycles. The molecule has 138 valence electrons. The third-order valence-electron chi connectivity index (χ3n) is 6.03. The van der Waals surface area contributed by atoms with E-state index in [1.165, 1.54) is 12.8 Å². The average molecular weight is 338 g/mol. The maximum atomic E-state index is 12.8. The van der Waals surface area contributed by atoms with Crippen LogP contribution < -0.4 is 0 Å². The first-order valence-electron chi connectivity index (χ1n) is 9.80. The lowest BCUT2D eigenvalue weighted by Gasteiger charge is -2.34. The minimum Gasteiger partial charge on any atom is -0.379 e. The van der Waals surface area contributed by atoms with Gasteiger partial charge in [0.05, 0.1) is 19.3 Å². The van der Waals surface area contributed by atoms with Crippen molar-refractivity contribution in [3.05, 3.63) is 0 Å². The summed E-state index contributed by atoms with van der Waals surface area (Å²) in [5.41, 5.74) is 0. The van der Waals surface area contributed by atoms with E-state index in [0.29, 0.717) is 12.0 Å². The number of morpholine rings is 1. The smallest absolute Gasteiger partial charge is 0.251 e. The largest absolute Gasteiger partial charge is 0.379 e. The van der Waals surface area contributed by atoms with E-state index in [-0.39, 0.29) is 18.1 Å². The fourth-order valence-electron chi connectivity index (χ4n) is 4.62. The van der Waals surface area contributed by atoms with Gasteiger partial charge in [0.25, 0.3) is 5.91 Å². The van der Waals surface area contributed by atoms with Crippen molar-refractivity contribution in [3.63, 3.8) is 0 Å². The van der Waals surface area contributed by atoms with Crippen LogP contribution in [0, 0.1) is 11.8 Å². The van der Waals surface area contributed by atoms with Gasteiger partial charge in [0.1, 0.15) is 6.10 Å². The second-order valence-electron chi connectivity index (χ2n) is 8.11. The number of carbonyl (C=O) groups excluding carboxylic acids is 1. The lowest BCUT2D eigenvalue weighted by Crippen LogP contribution is -2.47. The third kappa shape index (κ3) is 4.30. The van der Waals surface area contributed by atoms with Gasteiger partial charge in [-0.05, 0) is 31.6 Å². The van der Waals surface area contributed by atoms with E-state index < -0.39 is 0 Å². The molecule has 5 heteroatoms. The van der Waals surface area contributed by atoms with E-state index in [1.807, 2.05) is 11.8 Å². The molecule has 0 aromatic carbocycles. The molecule has 0 unspecified atom stereocenters. The highest BCUT2D eigenvalue weighted by Gasteiger charge is 2.38. The Morgan fingerprint density at radius 2 is 1.92 bits per heavy atom. The minimum atomic E-state index is -0.309. The summed E-state index contributed by atoms with van der Waals surface area (Å²) in [7, 11) is 0. The molecule has 3 aliphatic rings. The molecule has 0 bridgehead atoms. The average Bonchev–Trinajstić information content (AvgIpc) is 2.96. The van der Waals surface area contributed by atoms with Crippen molar-refractivity contribution in [2.75, 3.05) is 39.4 Å². The van der Waals surface area contributed by atoms with E-state index in [0.717, 1.165) is 58.2 Å². The summed E-state index contributed by atoms with van der Waals surface area (Å²) in [6, 6.07) is 0.472. The maximum absolute atomic E-state index is 12.8. The van der Waals surface area contributed by atoms with Crippen molar-refractivity contribution >= 4 is 5.91 Å². The summed E-state index contributed by atoms with van der Waals surface area (Å²) in [5, 5.41) is 0. The maximum Gasteiger partial charge on any atom is 0.251 e. The lowest BCUT2D eigenvalue weighted by atomic mass is 9.88. The summed E-state index contributed by atoms with van der Waals surface area (Å²) >= 11 is 0. The first kappa shape index (κ1) is 18.2. The number of carbonyl (C=O) groups is 1. The highest BCUT2D eigenvalue weighted by Crippen LogP contribution is 2.28. The van der Waals surface area contributed by atoms with Crippen molar-refractivity contribution in [3.8, 4) is 0 Å². The summed E-state index contributed by atoms with van der Waals surface area (Å²) < 4.78 is 11.6. The lowest BCUT2D eigenvalue weighted by molar-refractivity contribution is -0.147. The Hall–Kier alpha value is -0.650. The molecule has 0 aromatic rings. The zero-order valence-corrected chi connectivity index (χ0v) is 15.6. The van der Waals surface area contributed by atoms with Crippen LogP contribution >= 0.6 is 0 Å². The number of rotatable bonds is 4. The normalized spacial score (nSPS) is 36.7. The van der Waals surface area contributed by atoms with Gasteiger partial charge in [-0.3, -0.25) is 9.69 Å². The standard InChI is InChI=1S/C19H34N2O3/c1-14-5-4-6-17(11-14)24-16(3)19(22)21-12-15(2)18(13-21)20-7-9-23-10-8-20/h14-18H,4-13H2,1-3H3/t14-,15+,16-,17+,18-/m1/s1. The Kier molecular flexibility index (Phi) is 6.17. The molecule has 5 atom stereocenters. The van der Waals surface area contributed by atoms with E-state index in [4.69, 9.17) is 9.47 Å². The fourth-order valence-corrected chi connectivity index (χ4v) is 4.62. The number of hydrogen-bond donors (Lipinski definition) is 0. The SMILES string of the molecule is C[C@@H]1CCC[C@H](O[C@H](C)C(=O)N2C[C@@H](N3CCOCC3)[C@@H](C)C2)C1. The van der Waals surface area contributed by atoms with Crippen LogP contribution in [-0.2, 0) is 14.3 Å². The Labute approximate surface area is 146 Å². The van der Waals surface area contributed by atoms with Gasteiger partial charge in [-0.25, -0.2) is 0 Å². The first-order valence-corrected chi connectivity index (χ1v) is 9.80. The quantitative estimate of drug-likeness (QED) is 0.788. The summed E-state index contributed by atoms with van der Waals surface area (Å²) in [4.78, 5) is 17.4. The summed E-state index contributed by atoms with van der Waals surface area (Å²) in [5.74, 6) is 1.42. The Bertz CT molecular complexity index is 425. The van der Waals surface area contributed by atoms with Crippen LogP contribution in [0.4, 0.5) is 0 Å². The molecule has 24 heavy (non-hydrogen) atoms. The van der Waals surface area contributed by atoms with Gasteiger partial charge in [-0.15, -0.1) is 0 Å². The van der Waals surface area contributed by atoms with Crippen molar-refractivity contribution < 1.29 is 14.3 Å². The third-order valence-corrected chi connectivity index (χ3v) is 6.03. The van der Waals surface area contributed by atoms with Crippen molar-refractivity contribution in [1.29, 1.82) is 0 Å². The molecule has 3 rings (SSSR count). The molecule has 0 aromatic heterocycles. The Balaban J connectivity index is 1.51. The van der Waals surface area contributed by atoms with Gasteiger partial charge in [0, 0.05) is 32.2 Å². The molecule has 1 aliphatic carbocycles. The van der Waals surface area contributed by atoms with Crippen LogP contribution in [0.15, 0.2) is 0 Å². The Morgan fingerprint density at radius 3 is 2.62 bits per heavy atom. The van der Waals surface area contributed by atoms with Crippen molar-refractivity contribution in [2.24, 2.45) is 11.8 Å². The predicted octanol–water partition coefficient (Wildman–Crippen LogP) is 2.15. The van der Waals surface area contributed by atoms with Crippen LogP contribution in [0.3, 0.4) is 0 Å². The topological polar surface area (TPSA) is 42.0 Å². The van der Waals surface area contributed by atoms with Gasteiger partial charge >= 0.3 is 0 Å². The molecule has 2 heterocycles.